The molecule has 0 atom stereocenters. The molecule has 0 aliphatic heterocycles. The Labute approximate surface area is 73.9 Å². The molecule has 0 unspecified atom stereocenters. The first-order chi connectivity index (χ1) is 5.70. The van der Waals surface area contributed by atoms with Crippen LogP contribution >= 0.6 is 0 Å². The lowest BCUT2D eigenvalue weighted by atomic mass is 10.5. The van der Waals surface area contributed by atoms with E-state index < -0.39 is 0 Å². The van der Waals surface area contributed by atoms with Gasteiger partial charge in [-0.15, -0.1) is 0 Å². The van der Waals surface area contributed by atoms with Gasteiger partial charge in [0.2, 0.25) is 5.91 Å². The summed E-state index contributed by atoms with van der Waals surface area (Å²) >= 11 is 0. The van der Waals surface area contributed by atoms with Crippen LogP contribution in [0.2, 0.25) is 0 Å². The van der Waals surface area contributed by atoms with E-state index in [1.54, 1.807) is 0 Å². The molecular formula is C8H18N2O2. The maximum absolute atomic E-state index is 10.9. The van der Waals surface area contributed by atoms with Gasteiger partial charge in [0.05, 0.1) is 0 Å². The van der Waals surface area contributed by atoms with Crippen LogP contribution in [-0.2, 0) is 9.53 Å². The van der Waals surface area contributed by atoms with Gasteiger partial charge in [-0.2, -0.15) is 0 Å². The Morgan fingerprint density at radius 3 is 2.75 bits per heavy atom. The van der Waals surface area contributed by atoms with Crippen molar-refractivity contribution < 1.29 is 9.53 Å². The minimum Gasteiger partial charge on any atom is -0.375 e. The lowest BCUT2D eigenvalue weighted by Crippen LogP contribution is -2.34. The smallest absolute Gasteiger partial charge is 0.246 e. The Morgan fingerprint density at radius 2 is 2.25 bits per heavy atom. The molecule has 0 saturated heterocycles. The Bertz CT molecular complexity index is 128. The van der Waals surface area contributed by atoms with Gasteiger partial charge >= 0.3 is 0 Å². The molecule has 72 valence electrons. The summed E-state index contributed by atoms with van der Waals surface area (Å²) < 4.78 is 4.66. The van der Waals surface area contributed by atoms with Crippen LogP contribution < -0.4 is 5.32 Å². The predicted octanol–water partition coefficient (Wildman–Crippen LogP) is -0.299. The van der Waals surface area contributed by atoms with Crippen molar-refractivity contribution in [1.82, 2.24) is 10.2 Å². The minimum atomic E-state index is -0.0537. The van der Waals surface area contributed by atoms with Crippen molar-refractivity contribution in [3.8, 4) is 0 Å². The van der Waals surface area contributed by atoms with E-state index in [2.05, 4.69) is 21.9 Å². The third-order valence-electron chi connectivity index (χ3n) is 1.63. The molecular weight excluding hydrogens is 156 g/mol. The Balaban J connectivity index is 3.24. The van der Waals surface area contributed by atoms with Gasteiger partial charge in [-0.05, 0) is 13.6 Å². The maximum Gasteiger partial charge on any atom is 0.246 e. The van der Waals surface area contributed by atoms with E-state index in [0.717, 1.165) is 13.1 Å². The molecule has 0 radical (unpaired) electrons. The lowest BCUT2D eigenvalue weighted by Gasteiger charge is -2.13. The first kappa shape index (κ1) is 11.4. The lowest BCUT2D eigenvalue weighted by molar-refractivity contribution is -0.124. The van der Waals surface area contributed by atoms with Crippen LogP contribution in [0, 0.1) is 0 Å². The van der Waals surface area contributed by atoms with Crippen LogP contribution in [0.15, 0.2) is 0 Å². The highest BCUT2D eigenvalue weighted by atomic mass is 16.5. The number of hydrogen-bond acceptors (Lipinski definition) is 3. The maximum atomic E-state index is 10.9. The fraction of sp³-hybridized carbons (Fsp3) is 0.875. The molecule has 0 rings (SSSR count). The summed E-state index contributed by atoms with van der Waals surface area (Å²) in [6.07, 6.45) is 0. The number of carbonyl (C=O) groups is 1. The van der Waals surface area contributed by atoms with Gasteiger partial charge in [0, 0.05) is 20.2 Å². The molecule has 0 saturated carbocycles. The molecule has 0 aromatic carbocycles. The molecule has 0 aliphatic rings. The number of carbonyl (C=O) groups excluding carboxylic acids is 1. The fourth-order valence-electron chi connectivity index (χ4n) is 0.726. The molecule has 12 heavy (non-hydrogen) atoms. The molecule has 0 bridgehead atoms. The molecule has 1 amide bonds. The average molecular weight is 174 g/mol. The van der Waals surface area contributed by atoms with Gasteiger partial charge in [-0.3, -0.25) is 4.79 Å². The van der Waals surface area contributed by atoms with Gasteiger partial charge in [0.15, 0.2) is 0 Å². The van der Waals surface area contributed by atoms with E-state index in [0.29, 0.717) is 6.54 Å². The Morgan fingerprint density at radius 1 is 1.58 bits per heavy atom. The summed E-state index contributed by atoms with van der Waals surface area (Å²) in [6.45, 7) is 4.80. The molecule has 0 aromatic heterocycles. The van der Waals surface area contributed by atoms with Crippen LogP contribution in [0.3, 0.4) is 0 Å². The second kappa shape index (κ2) is 7.06. The Kier molecular flexibility index (Phi) is 6.70. The van der Waals surface area contributed by atoms with E-state index in [1.165, 1.54) is 7.11 Å². The monoisotopic (exact) mass is 174 g/mol. The Hall–Kier alpha value is -0.610. The summed E-state index contributed by atoms with van der Waals surface area (Å²) in [5, 5.41) is 2.74. The standard InChI is InChI=1S/C8H18N2O2/c1-4-10(2)6-5-9-8(11)7-12-3/h4-7H2,1-3H3,(H,9,11). The third-order valence-corrected chi connectivity index (χ3v) is 1.63. The van der Waals surface area contributed by atoms with Crippen molar-refractivity contribution in [1.29, 1.82) is 0 Å². The van der Waals surface area contributed by atoms with Crippen molar-refractivity contribution in [2.24, 2.45) is 0 Å². The summed E-state index contributed by atoms with van der Waals surface area (Å²) in [7, 11) is 3.53. The highest BCUT2D eigenvalue weighted by Gasteiger charge is 1.99. The highest BCUT2D eigenvalue weighted by molar-refractivity contribution is 5.77. The number of hydrogen-bond donors (Lipinski definition) is 1. The molecule has 0 heterocycles. The summed E-state index contributed by atoms with van der Waals surface area (Å²) in [4.78, 5) is 13.0. The zero-order valence-corrected chi connectivity index (χ0v) is 8.09. The number of rotatable bonds is 6. The molecule has 0 aliphatic carbocycles. The van der Waals surface area contributed by atoms with Crippen LogP contribution in [0.1, 0.15) is 6.92 Å². The van der Waals surface area contributed by atoms with Crippen LogP contribution in [0.5, 0.6) is 0 Å². The first-order valence-corrected chi connectivity index (χ1v) is 4.14. The van der Waals surface area contributed by atoms with Crippen molar-refractivity contribution in [2.45, 2.75) is 6.92 Å². The zero-order valence-electron chi connectivity index (χ0n) is 8.09. The van der Waals surface area contributed by atoms with Crippen LogP contribution in [0.4, 0.5) is 0 Å². The van der Waals surface area contributed by atoms with E-state index in [1.807, 2.05) is 7.05 Å². The number of nitrogens with one attached hydrogen (secondary N) is 1. The van der Waals surface area contributed by atoms with Gasteiger partial charge in [0.1, 0.15) is 6.61 Å². The number of likely N-dealkylation sites (N-methyl/N-ethyl adjacent to an activating group) is 1. The molecule has 0 spiro atoms. The number of methoxy groups -OCH3 is 1. The zero-order chi connectivity index (χ0) is 9.40. The van der Waals surface area contributed by atoms with Crippen molar-refractivity contribution >= 4 is 5.91 Å². The topological polar surface area (TPSA) is 41.6 Å². The summed E-state index contributed by atoms with van der Waals surface area (Å²) in [6, 6.07) is 0. The van der Waals surface area contributed by atoms with Crippen LogP contribution in [0.25, 0.3) is 0 Å². The van der Waals surface area contributed by atoms with Crippen molar-refractivity contribution in [3.63, 3.8) is 0 Å². The summed E-state index contributed by atoms with van der Waals surface area (Å²) in [5.41, 5.74) is 0. The largest absolute Gasteiger partial charge is 0.375 e. The van der Waals surface area contributed by atoms with Crippen molar-refractivity contribution in [3.05, 3.63) is 0 Å². The number of nitrogens with zero attached hydrogens (tertiary/aromatic N) is 1. The molecule has 1 N–H and O–H groups in total. The number of ether oxygens (including phenoxy) is 1. The quantitative estimate of drug-likeness (QED) is 0.601. The fourth-order valence-corrected chi connectivity index (χ4v) is 0.726. The van der Waals surface area contributed by atoms with Gasteiger partial charge in [0.25, 0.3) is 0 Å². The van der Waals surface area contributed by atoms with Crippen LogP contribution in [-0.4, -0.2) is 51.2 Å². The SMILES string of the molecule is CCN(C)CCNC(=O)COC. The highest BCUT2D eigenvalue weighted by Crippen LogP contribution is 1.77. The summed E-state index contributed by atoms with van der Waals surface area (Å²) in [5.74, 6) is -0.0537. The minimum absolute atomic E-state index is 0.0537. The first-order valence-electron chi connectivity index (χ1n) is 4.14. The molecule has 4 heteroatoms. The third kappa shape index (κ3) is 6.12. The van der Waals surface area contributed by atoms with Gasteiger partial charge < -0.3 is 15.0 Å². The molecule has 0 fully saturated rings. The molecule has 4 nitrogen and oxygen atoms in total. The van der Waals surface area contributed by atoms with Crippen molar-refractivity contribution in [2.75, 3.05) is 40.4 Å². The number of amides is 1. The van der Waals surface area contributed by atoms with E-state index in [9.17, 15) is 4.79 Å². The van der Waals surface area contributed by atoms with Gasteiger partial charge in [-0.25, -0.2) is 0 Å². The average Bonchev–Trinajstić information content (AvgIpc) is 2.04. The van der Waals surface area contributed by atoms with E-state index in [4.69, 9.17) is 0 Å². The van der Waals surface area contributed by atoms with Gasteiger partial charge in [-0.1, -0.05) is 6.92 Å². The van der Waals surface area contributed by atoms with E-state index >= 15 is 0 Å². The molecule has 0 aromatic rings. The second-order valence-corrected chi connectivity index (χ2v) is 2.68. The normalized spacial score (nSPS) is 10.3. The second-order valence-electron chi connectivity index (χ2n) is 2.68. The van der Waals surface area contributed by atoms with E-state index in [-0.39, 0.29) is 12.5 Å². The predicted molar refractivity (Wildman–Crippen MR) is 48.1 cm³/mol.